The molecule has 8 nitrogen and oxygen atoms in total. The molecule has 0 N–H and O–H groups in total. The van der Waals surface area contributed by atoms with Crippen LogP contribution in [0.4, 0.5) is 0 Å². The van der Waals surface area contributed by atoms with Crippen molar-refractivity contribution in [1.29, 1.82) is 0 Å². The molecule has 1 aromatic heterocycles. The van der Waals surface area contributed by atoms with E-state index in [9.17, 15) is 9.59 Å². The normalized spacial score (nSPS) is 14.6. The van der Waals surface area contributed by atoms with E-state index in [1.54, 1.807) is 19.1 Å². The molecule has 1 amide bonds. The molecule has 0 bridgehead atoms. The third-order valence-electron chi connectivity index (χ3n) is 5.35. The summed E-state index contributed by atoms with van der Waals surface area (Å²) in [7, 11) is 3.31. The maximum absolute atomic E-state index is 12.9. The predicted octanol–water partition coefficient (Wildman–Crippen LogP) is 2.02. The van der Waals surface area contributed by atoms with E-state index in [2.05, 4.69) is 16.9 Å². The van der Waals surface area contributed by atoms with Crippen LogP contribution in [0, 0.1) is 0 Å². The molecular weight excluding hydrogens is 384 g/mol. The number of piperazine rings is 1. The second kappa shape index (κ2) is 10.2. The number of ether oxygens (including phenoxy) is 2. The van der Waals surface area contributed by atoms with Gasteiger partial charge < -0.3 is 14.4 Å². The largest absolute Gasteiger partial charge is 0.497 e. The molecule has 1 aliphatic heterocycles. The first kappa shape index (κ1) is 21.8. The number of hydrogen-bond donors (Lipinski definition) is 0. The lowest BCUT2D eigenvalue weighted by Crippen LogP contribution is -2.48. The Morgan fingerprint density at radius 3 is 2.50 bits per heavy atom. The Labute approximate surface area is 177 Å². The van der Waals surface area contributed by atoms with Gasteiger partial charge >= 0.3 is 0 Å². The fraction of sp³-hybridized carbons (Fsp3) is 0.500. The molecular formula is C22H30N4O4. The topological polar surface area (TPSA) is 76.9 Å². The predicted molar refractivity (Wildman–Crippen MR) is 114 cm³/mol. The molecule has 0 radical (unpaired) electrons. The molecule has 30 heavy (non-hydrogen) atoms. The highest BCUT2D eigenvalue weighted by molar-refractivity contribution is 5.92. The summed E-state index contributed by atoms with van der Waals surface area (Å²) < 4.78 is 12.2. The molecule has 1 aromatic carbocycles. The third kappa shape index (κ3) is 5.18. The second-order valence-electron chi connectivity index (χ2n) is 7.38. The summed E-state index contributed by atoms with van der Waals surface area (Å²) in [5.74, 6) is 1.50. The maximum Gasteiger partial charge on any atom is 0.274 e. The lowest BCUT2D eigenvalue weighted by molar-refractivity contribution is 0.0619. The number of hydrogen-bond acceptors (Lipinski definition) is 6. The Balaban J connectivity index is 1.62. The number of unbranched alkanes of at least 4 members (excludes halogenated alkanes) is 1. The van der Waals surface area contributed by atoms with Crippen LogP contribution in [0.2, 0.25) is 0 Å². The van der Waals surface area contributed by atoms with Crippen molar-refractivity contribution < 1.29 is 14.3 Å². The first-order valence-corrected chi connectivity index (χ1v) is 10.4. The van der Waals surface area contributed by atoms with Crippen LogP contribution in [0.3, 0.4) is 0 Å². The van der Waals surface area contributed by atoms with Crippen molar-refractivity contribution in [3.63, 3.8) is 0 Å². The maximum atomic E-state index is 12.9. The fourth-order valence-corrected chi connectivity index (χ4v) is 3.55. The first-order chi connectivity index (χ1) is 14.5. The lowest BCUT2D eigenvalue weighted by atomic mass is 10.1. The number of methoxy groups -OCH3 is 2. The van der Waals surface area contributed by atoms with Crippen LogP contribution in [0.25, 0.3) is 0 Å². The van der Waals surface area contributed by atoms with Crippen LogP contribution in [-0.2, 0) is 13.1 Å². The van der Waals surface area contributed by atoms with Gasteiger partial charge in [-0.2, -0.15) is 5.10 Å². The van der Waals surface area contributed by atoms with Gasteiger partial charge in [-0.05, 0) is 30.7 Å². The van der Waals surface area contributed by atoms with Gasteiger partial charge in [0.25, 0.3) is 11.5 Å². The van der Waals surface area contributed by atoms with Gasteiger partial charge in [0.05, 0.1) is 14.2 Å². The lowest BCUT2D eigenvalue weighted by Gasteiger charge is -2.34. The fourth-order valence-electron chi connectivity index (χ4n) is 3.55. The molecule has 1 aliphatic rings. The van der Waals surface area contributed by atoms with E-state index in [4.69, 9.17) is 9.47 Å². The van der Waals surface area contributed by atoms with Gasteiger partial charge in [0, 0.05) is 50.9 Å². The van der Waals surface area contributed by atoms with Crippen LogP contribution in [0.15, 0.2) is 35.1 Å². The van der Waals surface area contributed by atoms with Crippen molar-refractivity contribution >= 4 is 5.91 Å². The van der Waals surface area contributed by atoms with E-state index in [1.165, 1.54) is 16.8 Å². The van der Waals surface area contributed by atoms with E-state index >= 15 is 0 Å². The van der Waals surface area contributed by atoms with Crippen molar-refractivity contribution in [2.24, 2.45) is 0 Å². The van der Waals surface area contributed by atoms with Crippen LogP contribution in [-0.4, -0.2) is 65.9 Å². The summed E-state index contributed by atoms with van der Waals surface area (Å²) in [6.45, 7) is 6.04. The minimum Gasteiger partial charge on any atom is -0.497 e. The second-order valence-corrected chi connectivity index (χ2v) is 7.38. The van der Waals surface area contributed by atoms with Crippen molar-refractivity contribution in [1.82, 2.24) is 19.6 Å². The highest BCUT2D eigenvalue weighted by Gasteiger charge is 2.24. The molecule has 162 valence electrons. The Morgan fingerprint density at radius 1 is 1.07 bits per heavy atom. The highest BCUT2D eigenvalue weighted by atomic mass is 16.5. The summed E-state index contributed by atoms with van der Waals surface area (Å²) in [6, 6.07) is 8.74. The number of carbonyl (C=O) groups is 1. The van der Waals surface area contributed by atoms with Crippen LogP contribution in [0.5, 0.6) is 11.5 Å². The monoisotopic (exact) mass is 414 g/mol. The van der Waals surface area contributed by atoms with E-state index in [0.29, 0.717) is 25.3 Å². The van der Waals surface area contributed by atoms with Crippen molar-refractivity contribution in [2.45, 2.75) is 32.9 Å². The van der Waals surface area contributed by atoms with Gasteiger partial charge in [-0.15, -0.1) is 0 Å². The average Bonchev–Trinajstić information content (AvgIpc) is 2.78. The number of rotatable bonds is 8. The molecule has 8 heteroatoms. The highest BCUT2D eigenvalue weighted by Crippen LogP contribution is 2.25. The van der Waals surface area contributed by atoms with Gasteiger partial charge in [0.15, 0.2) is 0 Å². The molecule has 0 unspecified atom stereocenters. The summed E-state index contributed by atoms with van der Waals surface area (Å²) in [5.41, 5.74) is 1.21. The molecule has 3 rings (SSSR count). The quantitative estimate of drug-likeness (QED) is 0.658. The Kier molecular flexibility index (Phi) is 7.46. The molecule has 0 aliphatic carbocycles. The molecule has 0 saturated carbocycles. The minimum absolute atomic E-state index is 0.126. The van der Waals surface area contributed by atoms with Gasteiger partial charge in [-0.1, -0.05) is 13.3 Å². The Bertz CT molecular complexity index is 920. The number of benzene rings is 1. The smallest absolute Gasteiger partial charge is 0.274 e. The first-order valence-electron chi connectivity index (χ1n) is 10.4. The van der Waals surface area contributed by atoms with Crippen LogP contribution >= 0.6 is 0 Å². The zero-order chi connectivity index (χ0) is 21.5. The standard InChI is InChI=1S/C22H30N4O4/c1-4-5-10-26-21(27)9-7-19(23-26)22(28)25-13-11-24(12-14-25)16-17-15-18(29-2)6-8-20(17)30-3/h6-9,15H,4-5,10-14,16H2,1-3H3. The van der Waals surface area contributed by atoms with Gasteiger partial charge in [0.2, 0.25) is 0 Å². The zero-order valence-electron chi connectivity index (χ0n) is 18.0. The van der Waals surface area contributed by atoms with Crippen LogP contribution < -0.4 is 15.0 Å². The van der Waals surface area contributed by atoms with E-state index < -0.39 is 0 Å². The Hall–Kier alpha value is -2.87. The summed E-state index contributed by atoms with van der Waals surface area (Å²) in [5, 5.41) is 4.28. The SMILES string of the molecule is CCCCn1nc(C(=O)N2CCN(Cc3cc(OC)ccc3OC)CC2)ccc1=O. The molecule has 1 fully saturated rings. The molecule has 0 spiro atoms. The summed E-state index contributed by atoms with van der Waals surface area (Å²) in [6.07, 6.45) is 1.82. The van der Waals surface area contributed by atoms with Gasteiger partial charge in [-0.25, -0.2) is 4.68 Å². The van der Waals surface area contributed by atoms with Crippen molar-refractivity contribution in [3.05, 3.63) is 51.9 Å². The van der Waals surface area contributed by atoms with E-state index in [0.717, 1.165) is 49.5 Å². The summed E-state index contributed by atoms with van der Waals surface area (Å²) in [4.78, 5) is 28.9. The van der Waals surface area contributed by atoms with Crippen molar-refractivity contribution in [2.75, 3.05) is 40.4 Å². The Morgan fingerprint density at radius 2 is 1.83 bits per heavy atom. The minimum atomic E-state index is -0.169. The number of carbonyl (C=O) groups excluding carboxylic acids is 1. The summed E-state index contributed by atoms with van der Waals surface area (Å²) >= 11 is 0. The van der Waals surface area contributed by atoms with E-state index in [-0.39, 0.29) is 11.5 Å². The average molecular weight is 415 g/mol. The number of nitrogens with zero attached hydrogens (tertiary/aromatic N) is 4. The molecule has 0 atom stereocenters. The molecule has 1 saturated heterocycles. The van der Waals surface area contributed by atoms with Crippen LogP contribution in [0.1, 0.15) is 35.8 Å². The van der Waals surface area contributed by atoms with Crippen molar-refractivity contribution in [3.8, 4) is 11.5 Å². The van der Waals surface area contributed by atoms with Gasteiger partial charge in [-0.3, -0.25) is 14.5 Å². The third-order valence-corrected chi connectivity index (χ3v) is 5.35. The molecule has 2 heterocycles. The molecule has 2 aromatic rings. The number of aromatic nitrogens is 2. The van der Waals surface area contributed by atoms with E-state index in [1.807, 2.05) is 18.2 Å². The zero-order valence-corrected chi connectivity index (χ0v) is 18.0. The number of amides is 1. The van der Waals surface area contributed by atoms with Gasteiger partial charge in [0.1, 0.15) is 17.2 Å². The number of aryl methyl sites for hydroxylation is 1.